The molecule has 0 amide bonds. The Hall–Kier alpha value is -1.41. The van der Waals surface area contributed by atoms with Crippen LogP contribution in [-0.2, 0) is 18.0 Å². The van der Waals surface area contributed by atoms with Crippen LogP contribution in [0.3, 0.4) is 0 Å². The van der Waals surface area contributed by atoms with Gasteiger partial charge in [0.1, 0.15) is 0 Å². The first kappa shape index (κ1) is 22.6. The lowest BCUT2D eigenvalue weighted by Crippen LogP contribution is -2.45. The van der Waals surface area contributed by atoms with Crippen LogP contribution in [0.5, 0.6) is 0 Å². The molecule has 0 fully saturated rings. The van der Waals surface area contributed by atoms with E-state index in [1.54, 1.807) is 0 Å². The van der Waals surface area contributed by atoms with Crippen LogP contribution in [0.25, 0.3) is 0 Å². The molecule has 0 spiro atoms. The van der Waals surface area contributed by atoms with E-state index in [4.69, 9.17) is 18.0 Å². The van der Waals surface area contributed by atoms with Gasteiger partial charge >= 0.3 is 9.05 Å². The van der Waals surface area contributed by atoms with Crippen LogP contribution < -0.4 is 0 Å². The Bertz CT molecular complexity index is 409. The second-order valence-corrected chi connectivity index (χ2v) is 8.60. The van der Waals surface area contributed by atoms with Crippen molar-refractivity contribution in [3.8, 4) is 0 Å². The normalized spacial score (nSPS) is 16.6. The SMILES string of the molecule is CO[Si](ON=C(C)C(C)C)(ON=C(C)C(C)C)ON=C(C)C(C)C. The van der Waals surface area contributed by atoms with Crippen molar-refractivity contribution in [3.63, 3.8) is 0 Å². The van der Waals surface area contributed by atoms with E-state index in [2.05, 4.69) is 15.5 Å². The Labute approximate surface area is 147 Å². The fraction of sp³-hybridized carbons (Fsp3) is 0.812. The van der Waals surface area contributed by atoms with Gasteiger partial charge in [0, 0.05) is 7.11 Å². The van der Waals surface area contributed by atoms with Gasteiger partial charge in [-0.05, 0) is 38.5 Å². The molecular weight excluding hydrogens is 326 g/mol. The lowest BCUT2D eigenvalue weighted by molar-refractivity contribution is -0.0201. The van der Waals surface area contributed by atoms with Gasteiger partial charge in [-0.3, -0.25) is 0 Å². The maximum atomic E-state index is 5.51. The highest BCUT2D eigenvalue weighted by atomic mass is 28.4. The topological polar surface area (TPSA) is 74.0 Å². The predicted molar refractivity (Wildman–Crippen MR) is 99.9 cm³/mol. The zero-order valence-electron chi connectivity index (χ0n) is 16.7. The van der Waals surface area contributed by atoms with Crippen LogP contribution in [0, 0.1) is 17.8 Å². The molecule has 0 N–H and O–H groups in total. The average molecular weight is 360 g/mol. The number of rotatable bonds is 10. The highest BCUT2D eigenvalue weighted by Gasteiger charge is 2.57. The summed E-state index contributed by atoms with van der Waals surface area (Å²) in [6, 6.07) is 0. The molecule has 0 rings (SSSR count). The van der Waals surface area contributed by atoms with E-state index in [9.17, 15) is 0 Å². The maximum Gasteiger partial charge on any atom is 0.957 e. The van der Waals surface area contributed by atoms with Crippen molar-refractivity contribution in [2.24, 2.45) is 33.2 Å². The summed E-state index contributed by atoms with van der Waals surface area (Å²) in [4.78, 5) is 0. The Morgan fingerprint density at radius 3 is 1.04 bits per heavy atom. The van der Waals surface area contributed by atoms with Gasteiger partial charge in [-0.1, -0.05) is 41.5 Å². The van der Waals surface area contributed by atoms with E-state index in [1.165, 1.54) is 7.11 Å². The molecule has 0 bridgehead atoms. The first-order valence-corrected chi connectivity index (χ1v) is 9.91. The first-order chi connectivity index (χ1) is 11.0. The van der Waals surface area contributed by atoms with Crippen molar-refractivity contribution >= 4 is 26.2 Å². The van der Waals surface area contributed by atoms with Crippen molar-refractivity contribution in [3.05, 3.63) is 0 Å². The highest BCUT2D eigenvalue weighted by Crippen LogP contribution is 2.15. The third kappa shape index (κ3) is 7.92. The van der Waals surface area contributed by atoms with Crippen LogP contribution >= 0.6 is 0 Å². The third-order valence-electron chi connectivity index (χ3n) is 3.66. The molecule has 7 nitrogen and oxygen atoms in total. The summed E-state index contributed by atoms with van der Waals surface area (Å²) in [6.07, 6.45) is 0. The summed E-state index contributed by atoms with van der Waals surface area (Å²) in [6.45, 7) is 17.7. The number of hydrogen-bond acceptors (Lipinski definition) is 7. The fourth-order valence-electron chi connectivity index (χ4n) is 0.862. The molecule has 0 heterocycles. The number of hydrogen-bond donors (Lipinski definition) is 0. The summed E-state index contributed by atoms with van der Waals surface area (Å²) in [5, 5.41) is 12.2. The van der Waals surface area contributed by atoms with Gasteiger partial charge in [0.05, 0.1) is 17.1 Å². The van der Waals surface area contributed by atoms with E-state index >= 15 is 0 Å². The number of oxime groups is 3. The van der Waals surface area contributed by atoms with Crippen LogP contribution in [0.4, 0.5) is 0 Å². The smallest absolute Gasteiger partial charge is 0.351 e. The minimum absolute atomic E-state index is 0.232. The standard InChI is InChI=1S/C16H33N3O4Si/c1-11(2)14(7)17-21-24(20-10,22-18-15(8)12(3)4)23-19-16(9)13(5)6/h11-13H,1-10H3. The lowest BCUT2D eigenvalue weighted by Gasteiger charge is -2.20. The van der Waals surface area contributed by atoms with Crippen molar-refractivity contribution in [1.29, 1.82) is 0 Å². The molecule has 24 heavy (non-hydrogen) atoms. The largest absolute Gasteiger partial charge is 0.957 e. The van der Waals surface area contributed by atoms with E-state index in [0.717, 1.165) is 17.1 Å². The summed E-state index contributed by atoms with van der Waals surface area (Å²) in [5.41, 5.74) is 2.39. The molecule has 0 saturated carbocycles. The first-order valence-electron chi connectivity index (χ1n) is 8.27. The molecule has 0 radical (unpaired) electrons. The van der Waals surface area contributed by atoms with E-state index < -0.39 is 9.05 Å². The zero-order chi connectivity index (χ0) is 18.9. The maximum absolute atomic E-state index is 5.51. The van der Waals surface area contributed by atoms with Crippen LogP contribution in [-0.4, -0.2) is 33.3 Å². The van der Waals surface area contributed by atoms with Gasteiger partial charge < -0.3 is 18.0 Å². The van der Waals surface area contributed by atoms with Crippen molar-refractivity contribution < 1.29 is 18.0 Å². The van der Waals surface area contributed by atoms with Gasteiger partial charge in [-0.2, -0.15) is 0 Å². The average Bonchev–Trinajstić information content (AvgIpc) is 2.53. The second kappa shape index (κ2) is 10.5. The zero-order valence-corrected chi connectivity index (χ0v) is 17.7. The molecule has 0 aliphatic carbocycles. The second-order valence-electron chi connectivity index (χ2n) is 6.64. The van der Waals surface area contributed by atoms with Gasteiger partial charge in [0.2, 0.25) is 0 Å². The summed E-state index contributed by atoms with van der Waals surface area (Å²) in [7, 11) is -2.22. The number of nitrogens with zero attached hydrogens (tertiary/aromatic N) is 3. The minimum atomic E-state index is -3.66. The third-order valence-corrected chi connectivity index (χ3v) is 5.11. The molecular formula is C16H33N3O4Si. The molecule has 0 aliphatic rings. The summed E-state index contributed by atoms with van der Waals surface area (Å²) < 4.78 is 21.9. The Morgan fingerprint density at radius 1 is 0.625 bits per heavy atom. The molecule has 0 aromatic carbocycles. The molecule has 140 valence electrons. The van der Waals surface area contributed by atoms with Gasteiger partial charge in [-0.15, -0.1) is 15.5 Å². The molecule has 0 atom stereocenters. The molecule has 0 saturated heterocycles. The predicted octanol–water partition coefficient (Wildman–Crippen LogP) is 4.21. The highest BCUT2D eigenvalue weighted by molar-refractivity contribution is 6.53. The monoisotopic (exact) mass is 359 g/mol. The Morgan fingerprint density at radius 2 is 0.875 bits per heavy atom. The molecule has 0 aliphatic heterocycles. The molecule has 8 heteroatoms. The lowest BCUT2D eigenvalue weighted by atomic mass is 10.1. The van der Waals surface area contributed by atoms with Crippen molar-refractivity contribution in [1.82, 2.24) is 0 Å². The van der Waals surface area contributed by atoms with Crippen LogP contribution in [0.15, 0.2) is 15.5 Å². The van der Waals surface area contributed by atoms with Crippen molar-refractivity contribution in [2.45, 2.75) is 62.3 Å². The fourth-order valence-corrected chi connectivity index (χ4v) is 1.95. The Balaban J connectivity index is 5.46. The molecule has 0 unspecified atom stereocenters. The quantitative estimate of drug-likeness (QED) is 0.333. The summed E-state index contributed by atoms with van der Waals surface area (Å²) in [5.74, 6) is 0.695. The van der Waals surface area contributed by atoms with Crippen LogP contribution in [0.1, 0.15) is 62.3 Å². The Kier molecular flexibility index (Phi) is 9.84. The van der Waals surface area contributed by atoms with E-state index in [-0.39, 0.29) is 17.8 Å². The molecule has 0 aromatic heterocycles. The van der Waals surface area contributed by atoms with E-state index in [1.807, 2.05) is 62.3 Å². The van der Waals surface area contributed by atoms with Crippen molar-refractivity contribution in [2.75, 3.05) is 7.11 Å². The van der Waals surface area contributed by atoms with Gasteiger partial charge in [-0.25, -0.2) is 0 Å². The summed E-state index contributed by atoms with van der Waals surface area (Å²) >= 11 is 0. The molecule has 0 aromatic rings. The van der Waals surface area contributed by atoms with E-state index in [0.29, 0.717) is 0 Å². The van der Waals surface area contributed by atoms with Crippen LogP contribution in [0.2, 0.25) is 0 Å². The minimum Gasteiger partial charge on any atom is -0.351 e. The van der Waals surface area contributed by atoms with Gasteiger partial charge in [0.15, 0.2) is 0 Å². The van der Waals surface area contributed by atoms with Gasteiger partial charge in [0.25, 0.3) is 0 Å².